The van der Waals surface area contributed by atoms with Crippen LogP contribution >= 0.6 is 0 Å². The molecular weight excluding hydrogens is 374 g/mol. The Hall–Kier alpha value is -1.67. The quantitative estimate of drug-likeness (QED) is 0.230. The third-order valence-electron chi connectivity index (χ3n) is 5.50. The molecule has 2 atom stereocenters. The maximum absolute atomic E-state index is 12.8. The predicted octanol–water partition coefficient (Wildman–Crippen LogP) is 2.39. The van der Waals surface area contributed by atoms with E-state index in [9.17, 15) is 14.4 Å². The molecule has 1 rings (SSSR count). The Morgan fingerprint density at radius 2 is 1.93 bits per heavy atom. The zero-order valence-electron chi connectivity index (χ0n) is 18.1. The first-order valence-corrected chi connectivity index (χ1v) is 11.0. The molecule has 8 heteroatoms. The first-order valence-electron chi connectivity index (χ1n) is 11.0. The van der Waals surface area contributed by atoms with Crippen molar-refractivity contribution >= 4 is 17.7 Å². The Labute approximate surface area is 174 Å². The molecule has 0 aliphatic carbocycles. The number of nitrogens with one attached hydrogen (secondary N) is 2. The van der Waals surface area contributed by atoms with Crippen molar-refractivity contribution in [2.45, 2.75) is 83.6 Å². The molecule has 1 fully saturated rings. The first-order chi connectivity index (χ1) is 14.0. The van der Waals surface area contributed by atoms with E-state index >= 15 is 0 Å². The van der Waals surface area contributed by atoms with E-state index in [1.807, 2.05) is 0 Å². The number of rotatable bonds is 14. The molecule has 1 aliphatic rings. The highest BCUT2D eigenvalue weighted by atomic mass is 16.5. The molecule has 0 bridgehead atoms. The van der Waals surface area contributed by atoms with E-state index in [1.165, 1.54) is 19.3 Å². The molecule has 3 N–H and O–H groups in total. The van der Waals surface area contributed by atoms with Crippen LogP contribution < -0.4 is 10.8 Å². The van der Waals surface area contributed by atoms with Crippen LogP contribution in [0.5, 0.6) is 0 Å². The van der Waals surface area contributed by atoms with Gasteiger partial charge in [-0.3, -0.25) is 19.6 Å². The maximum Gasteiger partial charge on any atom is 0.245 e. The molecule has 1 aliphatic heterocycles. The number of methoxy groups -OCH3 is 1. The van der Waals surface area contributed by atoms with Crippen LogP contribution in [0.15, 0.2) is 0 Å². The Morgan fingerprint density at radius 1 is 1.21 bits per heavy atom. The number of hydrogen-bond acceptors (Lipinski definition) is 5. The summed E-state index contributed by atoms with van der Waals surface area (Å²) in [6, 6.07) is -0.564. The van der Waals surface area contributed by atoms with Crippen molar-refractivity contribution in [3.05, 3.63) is 0 Å². The molecule has 29 heavy (non-hydrogen) atoms. The van der Waals surface area contributed by atoms with E-state index < -0.39 is 17.9 Å². The molecule has 168 valence electrons. The molecule has 3 amide bonds. The third kappa shape index (κ3) is 10.1. The average molecular weight is 414 g/mol. The van der Waals surface area contributed by atoms with Crippen LogP contribution in [-0.2, 0) is 19.1 Å². The Balaban J connectivity index is 2.63. The second-order valence-electron chi connectivity index (χ2n) is 7.87. The molecule has 0 spiro atoms. The lowest BCUT2D eigenvalue weighted by Gasteiger charge is -2.26. The zero-order chi connectivity index (χ0) is 21.5. The Morgan fingerprint density at radius 3 is 2.62 bits per heavy atom. The molecule has 1 heterocycles. The van der Waals surface area contributed by atoms with Gasteiger partial charge in [-0.1, -0.05) is 45.4 Å². The van der Waals surface area contributed by atoms with Crippen molar-refractivity contribution in [1.82, 2.24) is 15.7 Å². The van der Waals surface area contributed by atoms with Crippen LogP contribution in [0.3, 0.4) is 0 Å². The number of ether oxygens (including phenoxy) is 1. The highest BCUT2D eigenvalue weighted by Gasteiger charge is 2.30. The van der Waals surface area contributed by atoms with Crippen LogP contribution in [0.2, 0.25) is 0 Å². The first kappa shape index (κ1) is 25.4. The molecule has 0 radical (unpaired) electrons. The van der Waals surface area contributed by atoms with Gasteiger partial charge in [0.2, 0.25) is 17.7 Å². The third-order valence-corrected chi connectivity index (χ3v) is 5.50. The second kappa shape index (κ2) is 15.2. The van der Waals surface area contributed by atoms with Gasteiger partial charge in [0.05, 0.1) is 6.61 Å². The number of hydrogen-bond donors (Lipinski definition) is 3. The molecule has 0 saturated carbocycles. The number of carbonyl (C=O) groups excluding carboxylic acids is 3. The van der Waals surface area contributed by atoms with Crippen molar-refractivity contribution in [3.63, 3.8) is 0 Å². The number of nitrogens with zero attached hydrogens (tertiary/aromatic N) is 1. The molecule has 0 unspecified atom stereocenters. The van der Waals surface area contributed by atoms with Gasteiger partial charge in [0, 0.05) is 32.5 Å². The van der Waals surface area contributed by atoms with E-state index in [0.717, 1.165) is 32.1 Å². The highest BCUT2D eigenvalue weighted by molar-refractivity contribution is 5.90. The van der Waals surface area contributed by atoms with Crippen LogP contribution in [0.25, 0.3) is 0 Å². The van der Waals surface area contributed by atoms with Crippen molar-refractivity contribution in [3.8, 4) is 0 Å². The average Bonchev–Trinajstić information content (AvgIpc) is 2.89. The van der Waals surface area contributed by atoms with E-state index in [0.29, 0.717) is 32.5 Å². The minimum atomic E-state index is -0.579. The summed E-state index contributed by atoms with van der Waals surface area (Å²) in [7, 11) is 1.60. The fourth-order valence-corrected chi connectivity index (χ4v) is 3.72. The number of amides is 3. The van der Waals surface area contributed by atoms with Crippen LogP contribution in [0, 0.1) is 5.92 Å². The predicted molar refractivity (Wildman–Crippen MR) is 110 cm³/mol. The monoisotopic (exact) mass is 413 g/mol. The Kier molecular flexibility index (Phi) is 13.3. The van der Waals surface area contributed by atoms with Gasteiger partial charge < -0.3 is 15.0 Å². The Bertz CT molecular complexity index is 501. The second-order valence-corrected chi connectivity index (χ2v) is 7.87. The van der Waals surface area contributed by atoms with Crippen LogP contribution in [0.1, 0.15) is 77.6 Å². The number of carbonyl (C=O) groups is 3. The normalized spacial score (nSPS) is 18.2. The fourth-order valence-electron chi connectivity index (χ4n) is 3.72. The summed E-state index contributed by atoms with van der Waals surface area (Å²) in [5.74, 6) is -1.49. The van der Waals surface area contributed by atoms with Crippen LogP contribution in [-0.4, -0.2) is 60.7 Å². The highest BCUT2D eigenvalue weighted by Crippen LogP contribution is 2.18. The minimum Gasteiger partial charge on any atom is -0.383 e. The summed E-state index contributed by atoms with van der Waals surface area (Å²) in [5.41, 5.74) is 1.61. The minimum absolute atomic E-state index is 0.0778. The lowest BCUT2D eigenvalue weighted by atomic mass is 9.95. The summed E-state index contributed by atoms with van der Waals surface area (Å²) in [6.45, 7) is 3.81. The van der Waals surface area contributed by atoms with Gasteiger partial charge in [0.1, 0.15) is 6.04 Å². The van der Waals surface area contributed by atoms with Gasteiger partial charge in [0.25, 0.3) is 0 Å². The molecule has 0 aromatic heterocycles. The smallest absolute Gasteiger partial charge is 0.245 e. The van der Waals surface area contributed by atoms with Crippen molar-refractivity contribution in [1.29, 1.82) is 0 Å². The van der Waals surface area contributed by atoms with Gasteiger partial charge in [0.15, 0.2) is 0 Å². The molecular formula is C21H39N3O5. The number of unbranched alkanes of at least 4 members (excludes halogenated alkanes) is 5. The lowest BCUT2D eigenvalue weighted by Crippen LogP contribution is -2.50. The van der Waals surface area contributed by atoms with Gasteiger partial charge >= 0.3 is 0 Å². The maximum atomic E-state index is 12.8. The van der Waals surface area contributed by atoms with Crippen molar-refractivity contribution in [2.24, 2.45) is 5.92 Å². The zero-order valence-corrected chi connectivity index (χ0v) is 18.1. The van der Waals surface area contributed by atoms with Crippen molar-refractivity contribution < 1.29 is 24.3 Å². The fraction of sp³-hybridized carbons (Fsp3) is 0.857. The molecule has 0 aromatic carbocycles. The van der Waals surface area contributed by atoms with Gasteiger partial charge in [-0.25, -0.2) is 5.48 Å². The summed E-state index contributed by atoms with van der Waals surface area (Å²) < 4.78 is 5.07. The van der Waals surface area contributed by atoms with E-state index in [2.05, 4.69) is 12.2 Å². The number of hydroxylamine groups is 1. The SMILES string of the molecule is CCCCCCCC[C@H](CC(=O)NO)C(=O)N[C@H]1CCCCN(CCOC)C1=O. The van der Waals surface area contributed by atoms with Gasteiger partial charge in [-0.2, -0.15) is 0 Å². The standard InChI is InChI=1S/C21H39N3O5/c1-3-4-5-6-7-8-11-17(16-19(25)23-28)20(26)22-18-12-9-10-13-24(21(18)27)14-15-29-2/h17-18,28H,3-16H2,1-2H3,(H,22,26)(H,23,25)/t17-,18+/m1/s1. The summed E-state index contributed by atoms with van der Waals surface area (Å²) >= 11 is 0. The van der Waals surface area contributed by atoms with E-state index in [1.54, 1.807) is 17.5 Å². The summed E-state index contributed by atoms with van der Waals surface area (Å²) in [4.78, 5) is 39.0. The number of likely N-dealkylation sites (tertiary alicyclic amines) is 1. The summed E-state index contributed by atoms with van der Waals surface area (Å²) in [5, 5.41) is 11.7. The molecule has 0 aromatic rings. The van der Waals surface area contributed by atoms with Crippen molar-refractivity contribution in [2.75, 3.05) is 26.8 Å². The van der Waals surface area contributed by atoms with Crippen LogP contribution in [0.4, 0.5) is 0 Å². The molecule has 1 saturated heterocycles. The van der Waals surface area contributed by atoms with Gasteiger partial charge in [-0.05, 0) is 25.7 Å². The van der Waals surface area contributed by atoms with E-state index in [4.69, 9.17) is 9.94 Å². The topological polar surface area (TPSA) is 108 Å². The molecule has 8 nitrogen and oxygen atoms in total. The van der Waals surface area contributed by atoms with Gasteiger partial charge in [-0.15, -0.1) is 0 Å². The lowest BCUT2D eigenvalue weighted by molar-refractivity contribution is -0.139. The largest absolute Gasteiger partial charge is 0.383 e. The summed E-state index contributed by atoms with van der Waals surface area (Å²) in [6.07, 6.45) is 9.39. The van der Waals surface area contributed by atoms with E-state index in [-0.39, 0.29) is 18.2 Å².